The van der Waals surface area contributed by atoms with Gasteiger partial charge in [0, 0.05) is 0 Å². The fourth-order valence-electron chi connectivity index (χ4n) is 0. The summed E-state index contributed by atoms with van der Waals surface area (Å²) in [4.78, 5) is 0. The molecule has 0 aliphatic carbocycles. The highest BCUT2D eigenvalue weighted by Gasteiger charge is 1.56. The van der Waals surface area contributed by atoms with Crippen LogP contribution in [0.1, 0.15) is 0 Å². The van der Waals surface area contributed by atoms with Crippen LogP contribution >= 0.6 is 36.2 Å². The summed E-state index contributed by atoms with van der Waals surface area (Å²) >= 11 is 2.15. The lowest BCUT2D eigenvalue weighted by Gasteiger charge is -1.68. The topological polar surface area (TPSA) is 0 Å². The molecule has 0 nitrogen and oxygen atoms in total. The van der Waals surface area contributed by atoms with Crippen molar-refractivity contribution in [2.24, 2.45) is 0 Å². The van der Waals surface area contributed by atoms with Crippen molar-refractivity contribution in [2.45, 2.75) is 0 Å². The van der Waals surface area contributed by atoms with Gasteiger partial charge in [-0.1, -0.05) is 30.3 Å². The van der Waals surface area contributed by atoms with E-state index in [4.69, 9.17) is 1.28 Å². The second-order valence-electron chi connectivity index (χ2n) is 0.308. The van der Waals surface area contributed by atoms with Crippen LogP contribution in [0.25, 0.3) is 0 Å². The van der Waals surface area contributed by atoms with Crippen molar-refractivity contribution in [3.8, 4) is 0 Å². The molecular weight excluding hydrogens is 201 g/mol. The molecule has 0 aromatic carbocycles. The van der Waals surface area contributed by atoms with E-state index in [1.165, 1.54) is 0 Å². The highest BCUT2D eigenvalue weighted by atomic mass is 127. The Hall–Kier alpha value is 1.59. The first-order valence-corrected chi connectivity index (χ1v) is 6.91. The maximum Gasteiger partial charge on any atom is 0.0735 e. The largest absolute Gasteiger partial charge is 0.0920 e. The van der Waals surface area contributed by atoms with Gasteiger partial charge in [0.1, 0.15) is 0 Å². The zero-order chi connectivity index (χ0) is 4.28. The van der Waals surface area contributed by atoms with Gasteiger partial charge in [-0.05, 0) is 12.5 Å². The molecule has 2 unspecified atom stereocenters. The zero-order valence-corrected chi connectivity index (χ0v) is 6.38. The van der Waals surface area contributed by atoms with Crippen molar-refractivity contribution in [1.29, 1.82) is 1.28 Å². The average Bonchev–Trinajstić information content (AvgIpc) is 1.38. The Labute approximate surface area is 44.4 Å². The molecule has 0 fully saturated rings. The van der Waals surface area contributed by atoms with E-state index in [-0.39, 0.29) is 5.86 Å². The van der Waals surface area contributed by atoms with Crippen LogP contribution in [0.2, 0.25) is 0 Å². The molecule has 26 valence electrons. The van der Waals surface area contributed by atoms with Gasteiger partial charge in [-0.15, -0.1) is 0 Å². The van der Waals surface area contributed by atoms with Gasteiger partial charge in [0.05, 0.1) is 1.28 Å². The Morgan fingerprint density at radius 2 is 2.50 bits per heavy atom. The molecule has 0 amide bonds. The highest BCUT2D eigenvalue weighted by molar-refractivity contribution is 14.2. The molecule has 2 atom stereocenters. The lowest BCUT2D eigenvalue weighted by atomic mass is 12.0. The van der Waals surface area contributed by atoms with Crippen LogP contribution in [0.5, 0.6) is 0 Å². The molecule has 0 aliphatic rings. The molecular formula is CH5IP2. The molecule has 0 saturated heterocycles. The third-order valence-corrected chi connectivity index (χ3v) is 5.10. The standard InChI is InChI=1S/CH5IP2/c1-3-4-2/h3-4H,1H3/i4T. The highest BCUT2D eigenvalue weighted by Crippen LogP contribution is 2.40. The first-order chi connectivity index (χ1) is 2.27. The minimum atomic E-state index is -0.350. The summed E-state index contributed by atoms with van der Waals surface area (Å²) in [5, 5.41) is 0. The van der Waals surface area contributed by atoms with Crippen LogP contribution < -0.4 is 0 Å². The molecule has 0 saturated carbocycles. The molecule has 0 radical (unpaired) electrons. The van der Waals surface area contributed by atoms with Crippen molar-refractivity contribution < 1.29 is 0 Å². The molecule has 4 heavy (non-hydrogen) atoms. The predicted octanol–water partition coefficient (Wildman–Crippen LogP) is 2.24. The molecule has 0 heterocycles. The van der Waals surface area contributed by atoms with Crippen LogP contribution in [0.3, 0.4) is 0 Å². The Balaban J connectivity index is 2.54. The smallest absolute Gasteiger partial charge is 0.0735 e. The van der Waals surface area contributed by atoms with E-state index >= 15 is 0 Å². The molecule has 0 rings (SSSR count). The molecule has 0 spiro atoms. The Kier molecular flexibility index (Phi) is 4.32. The number of hydrogen-bond acceptors (Lipinski definition) is 0. The molecule has 0 aromatic heterocycles. The zero-order valence-electron chi connectivity index (χ0n) is 3.33. The molecule has 3 heteroatoms. The first kappa shape index (κ1) is 3.77. The van der Waals surface area contributed by atoms with Crippen LogP contribution in [0.15, 0.2) is 0 Å². The van der Waals surface area contributed by atoms with Gasteiger partial charge in [-0.2, -0.15) is 0 Å². The average molecular weight is 208 g/mol. The van der Waals surface area contributed by atoms with Gasteiger partial charge >= 0.3 is 0 Å². The van der Waals surface area contributed by atoms with Crippen molar-refractivity contribution in [3.63, 3.8) is 0 Å². The van der Waals surface area contributed by atoms with Crippen molar-refractivity contribution in [3.05, 3.63) is 0 Å². The van der Waals surface area contributed by atoms with E-state index in [2.05, 4.69) is 28.7 Å². The predicted molar refractivity (Wildman–Crippen MR) is 36.6 cm³/mol. The second-order valence-corrected chi connectivity index (χ2v) is 7.11. The van der Waals surface area contributed by atoms with Crippen LogP contribution in [-0.4, -0.2) is 7.94 Å². The second kappa shape index (κ2) is 4.59. The first-order valence-electron chi connectivity index (χ1n) is 1.34. The quantitative estimate of drug-likeness (QED) is 0.457. The van der Waals surface area contributed by atoms with E-state index in [0.717, 1.165) is 8.27 Å². The van der Waals surface area contributed by atoms with Gasteiger partial charge < -0.3 is 0 Å². The molecule has 0 aliphatic heterocycles. The number of hydrogen-bond donors (Lipinski definition) is 0. The summed E-state index contributed by atoms with van der Waals surface area (Å²) in [6.07, 6.45) is 0. The van der Waals surface area contributed by atoms with E-state index in [1.54, 1.807) is 0 Å². The number of halogens is 1. The third kappa shape index (κ3) is 3.59. The van der Waals surface area contributed by atoms with E-state index < -0.39 is 0 Å². The summed E-state index contributed by atoms with van der Waals surface area (Å²) in [5.41, 5.74) is 0. The summed E-state index contributed by atoms with van der Waals surface area (Å²) in [5.74, 6) is -0.350. The summed E-state index contributed by atoms with van der Waals surface area (Å²) in [6.45, 7) is 2.06. The molecule has 0 aromatic rings. The minimum absolute atomic E-state index is 0.350. The molecule has 0 bridgehead atoms. The Morgan fingerprint density at radius 1 is 2.25 bits per heavy atom. The summed E-state index contributed by atoms with van der Waals surface area (Å²) in [7, 11) is 0.832. The van der Waals surface area contributed by atoms with Gasteiger partial charge in [0.15, 0.2) is 0 Å². The van der Waals surface area contributed by atoms with Crippen molar-refractivity contribution >= 4 is 36.2 Å². The van der Waals surface area contributed by atoms with Crippen molar-refractivity contribution in [1.82, 2.24) is 0 Å². The van der Waals surface area contributed by atoms with Gasteiger partial charge in [0.2, 0.25) is 0 Å². The van der Waals surface area contributed by atoms with E-state index in [9.17, 15) is 0 Å². The number of rotatable bonds is 1. The van der Waals surface area contributed by atoms with Gasteiger partial charge in [-0.3, -0.25) is 0 Å². The normalized spacial score (nSPS) is 22.0. The molecule has 0 N–H and O–H groups in total. The summed E-state index contributed by atoms with van der Waals surface area (Å²) < 4.78 is 6.89. The van der Waals surface area contributed by atoms with Crippen LogP contribution in [-0.2, 0) is 0 Å². The monoisotopic (exact) mass is 208 g/mol. The van der Waals surface area contributed by atoms with E-state index in [1.807, 2.05) is 0 Å². The lowest BCUT2D eigenvalue weighted by Crippen LogP contribution is -1.05. The van der Waals surface area contributed by atoms with E-state index in [0.29, 0.717) is 0 Å². The van der Waals surface area contributed by atoms with Crippen LogP contribution in [0, 0.1) is 0 Å². The fraction of sp³-hybridized carbons (Fsp3) is 1.00. The Morgan fingerprint density at radius 3 is 2.50 bits per heavy atom. The van der Waals surface area contributed by atoms with Crippen LogP contribution in [0.4, 0.5) is 0 Å². The minimum Gasteiger partial charge on any atom is -0.0920 e. The maximum atomic E-state index is 6.89. The van der Waals surface area contributed by atoms with Gasteiger partial charge in [0.25, 0.3) is 0 Å². The third-order valence-electron chi connectivity index (χ3n) is 0.0845. The summed E-state index contributed by atoms with van der Waals surface area (Å²) in [6, 6.07) is 0. The van der Waals surface area contributed by atoms with Gasteiger partial charge in [-0.25, -0.2) is 0 Å². The maximum absolute atomic E-state index is 6.89. The lowest BCUT2D eigenvalue weighted by molar-refractivity contribution is 2.51. The Bertz CT molecular complexity index is 23.6. The van der Waals surface area contributed by atoms with Crippen molar-refractivity contribution in [2.75, 3.05) is 6.66 Å². The fourth-order valence-corrected chi connectivity index (χ4v) is 0. The SMILES string of the molecule is [3H]P(I)PC.